The van der Waals surface area contributed by atoms with Gasteiger partial charge in [0.25, 0.3) is 5.97 Å². The van der Waals surface area contributed by atoms with Gasteiger partial charge in [-0.25, -0.2) is 0 Å². The van der Waals surface area contributed by atoms with Crippen LogP contribution in [0.5, 0.6) is 0 Å². The van der Waals surface area contributed by atoms with Gasteiger partial charge >= 0.3 is 0 Å². The molecule has 0 spiro atoms. The Hall–Kier alpha value is -2.55. The van der Waals surface area contributed by atoms with Crippen molar-refractivity contribution in [2.24, 2.45) is 11.8 Å². The molecule has 110 valence electrons. The molecular weight excluding hydrogens is 264 g/mol. The molecule has 0 radical (unpaired) electrons. The highest BCUT2D eigenvalue weighted by Gasteiger charge is 2.18. The molecule has 2 aliphatic carbocycles. The largest absolute Gasteiger partial charge is 0.512 e. The molecule has 0 amide bonds. The lowest BCUT2D eigenvalue weighted by Crippen LogP contribution is -2.10. The second kappa shape index (κ2) is 9.37. The van der Waals surface area contributed by atoms with Crippen LogP contribution in [0.2, 0.25) is 0 Å². The molecule has 0 saturated carbocycles. The van der Waals surface area contributed by atoms with E-state index in [9.17, 15) is 5.11 Å². The molecule has 0 aromatic rings. The highest BCUT2D eigenvalue weighted by atomic mass is 16.4. The van der Waals surface area contributed by atoms with E-state index in [0.29, 0.717) is 5.76 Å². The minimum atomic E-state index is -0.833. The third kappa shape index (κ3) is 6.97. The summed E-state index contributed by atoms with van der Waals surface area (Å²) in [4.78, 5) is 9.00. The van der Waals surface area contributed by atoms with Crippen LogP contribution in [0.15, 0.2) is 84.7 Å². The zero-order chi connectivity index (χ0) is 15.5. The molecular formula is C18H20O3. The molecule has 0 aliphatic heterocycles. The van der Waals surface area contributed by atoms with Crippen molar-refractivity contribution in [2.45, 2.75) is 6.92 Å². The Morgan fingerprint density at radius 1 is 0.857 bits per heavy atom. The Labute approximate surface area is 125 Å². The lowest BCUT2D eigenvalue weighted by atomic mass is 9.89. The van der Waals surface area contributed by atoms with Crippen LogP contribution in [0, 0.1) is 11.8 Å². The van der Waals surface area contributed by atoms with E-state index in [1.807, 2.05) is 60.8 Å². The highest BCUT2D eigenvalue weighted by molar-refractivity contribution is 5.62. The predicted octanol–water partition coefficient (Wildman–Crippen LogP) is 4.12. The molecule has 0 saturated heterocycles. The average molecular weight is 284 g/mol. The van der Waals surface area contributed by atoms with Gasteiger partial charge in [0.2, 0.25) is 0 Å². The van der Waals surface area contributed by atoms with Gasteiger partial charge in [0.1, 0.15) is 0 Å². The molecule has 0 bridgehead atoms. The number of carbonyl (C=O) groups is 1. The predicted molar refractivity (Wildman–Crippen MR) is 85.8 cm³/mol. The highest BCUT2D eigenvalue weighted by Crippen LogP contribution is 2.25. The summed E-state index contributed by atoms with van der Waals surface area (Å²) in [6.45, 7) is 1.08. The van der Waals surface area contributed by atoms with Gasteiger partial charge in [-0.1, -0.05) is 72.9 Å². The quantitative estimate of drug-likeness (QED) is 0.761. The molecule has 2 aliphatic rings. The van der Waals surface area contributed by atoms with Crippen LogP contribution in [-0.2, 0) is 4.79 Å². The first-order chi connectivity index (χ1) is 10.1. The van der Waals surface area contributed by atoms with Crippen molar-refractivity contribution in [3.05, 3.63) is 84.7 Å². The monoisotopic (exact) mass is 284 g/mol. The van der Waals surface area contributed by atoms with Crippen LogP contribution in [0.25, 0.3) is 0 Å². The van der Waals surface area contributed by atoms with Gasteiger partial charge in [-0.3, -0.25) is 4.79 Å². The zero-order valence-electron chi connectivity index (χ0n) is 12.0. The van der Waals surface area contributed by atoms with Crippen LogP contribution in [0.3, 0.4) is 0 Å². The lowest BCUT2D eigenvalue weighted by molar-refractivity contribution is -0.134. The van der Waals surface area contributed by atoms with E-state index >= 15 is 0 Å². The summed E-state index contributed by atoms with van der Waals surface area (Å²) in [5, 5.41) is 17.4. The number of aliphatic hydroxyl groups excluding tert-OH is 1. The van der Waals surface area contributed by atoms with Gasteiger partial charge < -0.3 is 10.2 Å². The molecule has 0 aromatic heterocycles. The SMILES string of the molecule is CC(=O)O.OC1=CC=CC=CC1C1C=CC=CC=CC=C1. The van der Waals surface area contributed by atoms with Crippen molar-refractivity contribution in [2.75, 3.05) is 0 Å². The van der Waals surface area contributed by atoms with Crippen molar-refractivity contribution in [1.29, 1.82) is 0 Å². The van der Waals surface area contributed by atoms with Crippen molar-refractivity contribution >= 4 is 5.97 Å². The topological polar surface area (TPSA) is 57.5 Å². The van der Waals surface area contributed by atoms with Crippen LogP contribution < -0.4 is 0 Å². The molecule has 2 N–H and O–H groups in total. The maximum Gasteiger partial charge on any atom is 0.300 e. The Balaban J connectivity index is 0.000000491. The standard InChI is InChI=1S/C16H16O.C2H4O2/c17-16-13-9-5-8-12-15(16)14-10-6-3-1-2-4-7-11-14;1-2(3)4/h1-15,17H;1H3,(H,3,4). The van der Waals surface area contributed by atoms with Crippen molar-refractivity contribution in [3.8, 4) is 0 Å². The number of aliphatic hydroxyl groups is 1. The molecule has 1 unspecified atom stereocenters. The molecule has 3 heteroatoms. The van der Waals surface area contributed by atoms with Crippen molar-refractivity contribution in [1.82, 2.24) is 0 Å². The second-order valence-electron chi connectivity index (χ2n) is 4.52. The first kappa shape index (κ1) is 16.5. The van der Waals surface area contributed by atoms with Crippen LogP contribution in [0.4, 0.5) is 0 Å². The fourth-order valence-electron chi connectivity index (χ4n) is 1.88. The minimum Gasteiger partial charge on any atom is -0.512 e. The normalized spacial score (nSPS) is 23.2. The van der Waals surface area contributed by atoms with E-state index in [1.165, 1.54) is 0 Å². The molecule has 0 heterocycles. The van der Waals surface area contributed by atoms with Gasteiger partial charge in [0.15, 0.2) is 0 Å². The fraction of sp³-hybridized carbons (Fsp3) is 0.167. The van der Waals surface area contributed by atoms with E-state index in [1.54, 1.807) is 6.08 Å². The third-order valence-electron chi connectivity index (χ3n) is 2.79. The van der Waals surface area contributed by atoms with E-state index < -0.39 is 5.97 Å². The molecule has 0 aromatic carbocycles. The van der Waals surface area contributed by atoms with Gasteiger partial charge in [-0.15, -0.1) is 0 Å². The van der Waals surface area contributed by atoms with Crippen molar-refractivity contribution < 1.29 is 15.0 Å². The number of rotatable bonds is 1. The summed E-state index contributed by atoms with van der Waals surface area (Å²) in [5.74, 6) is -0.242. The Bertz CT molecular complexity index is 517. The molecule has 1 atom stereocenters. The number of hydrogen-bond acceptors (Lipinski definition) is 2. The van der Waals surface area contributed by atoms with Crippen LogP contribution >= 0.6 is 0 Å². The van der Waals surface area contributed by atoms with Gasteiger partial charge in [0, 0.05) is 18.8 Å². The Morgan fingerprint density at radius 2 is 1.29 bits per heavy atom. The molecule has 0 fully saturated rings. The summed E-state index contributed by atoms with van der Waals surface area (Å²) >= 11 is 0. The van der Waals surface area contributed by atoms with Gasteiger partial charge in [-0.05, 0) is 6.08 Å². The number of carboxylic acids is 1. The summed E-state index contributed by atoms with van der Waals surface area (Å²) in [7, 11) is 0. The fourth-order valence-corrected chi connectivity index (χ4v) is 1.88. The number of aliphatic carboxylic acids is 1. The lowest BCUT2D eigenvalue weighted by Gasteiger charge is -2.17. The van der Waals surface area contributed by atoms with E-state index in [0.717, 1.165) is 6.92 Å². The van der Waals surface area contributed by atoms with Crippen molar-refractivity contribution in [3.63, 3.8) is 0 Å². The maximum absolute atomic E-state index is 9.99. The zero-order valence-corrected chi connectivity index (χ0v) is 12.0. The van der Waals surface area contributed by atoms with E-state index in [2.05, 4.69) is 12.2 Å². The summed E-state index contributed by atoms with van der Waals surface area (Å²) in [6.07, 6.45) is 25.8. The average Bonchev–Trinajstić information content (AvgIpc) is 2.55. The smallest absolute Gasteiger partial charge is 0.300 e. The van der Waals surface area contributed by atoms with E-state index in [-0.39, 0.29) is 11.8 Å². The summed E-state index contributed by atoms with van der Waals surface area (Å²) in [6, 6.07) is 0. The first-order valence-electron chi connectivity index (χ1n) is 6.73. The van der Waals surface area contributed by atoms with Crippen LogP contribution in [-0.4, -0.2) is 16.2 Å². The molecule has 3 nitrogen and oxygen atoms in total. The molecule has 2 rings (SSSR count). The summed E-state index contributed by atoms with van der Waals surface area (Å²) in [5.41, 5.74) is 0. The Morgan fingerprint density at radius 3 is 1.86 bits per heavy atom. The minimum absolute atomic E-state index is 0.0115. The third-order valence-corrected chi connectivity index (χ3v) is 2.79. The molecule has 21 heavy (non-hydrogen) atoms. The second-order valence-corrected chi connectivity index (χ2v) is 4.52. The number of hydrogen-bond donors (Lipinski definition) is 2. The number of carboxylic acid groups (broad SMARTS) is 1. The number of allylic oxidation sites excluding steroid dienone is 13. The Kier molecular flexibility index (Phi) is 7.36. The summed E-state index contributed by atoms with van der Waals surface area (Å²) < 4.78 is 0. The first-order valence-corrected chi connectivity index (χ1v) is 6.73. The van der Waals surface area contributed by atoms with Crippen LogP contribution in [0.1, 0.15) is 6.92 Å². The van der Waals surface area contributed by atoms with E-state index in [4.69, 9.17) is 9.90 Å². The van der Waals surface area contributed by atoms with Gasteiger partial charge in [-0.2, -0.15) is 0 Å². The maximum atomic E-state index is 9.99. The van der Waals surface area contributed by atoms with Gasteiger partial charge in [0.05, 0.1) is 5.76 Å².